The summed E-state index contributed by atoms with van der Waals surface area (Å²) in [4.78, 5) is 21.8. The van der Waals surface area contributed by atoms with E-state index in [9.17, 15) is 9.18 Å². The van der Waals surface area contributed by atoms with E-state index in [1.807, 2.05) is 48.7 Å². The molecule has 164 valence electrons. The van der Waals surface area contributed by atoms with E-state index in [0.29, 0.717) is 23.8 Å². The van der Waals surface area contributed by atoms with Crippen LogP contribution in [0.25, 0.3) is 11.2 Å². The lowest BCUT2D eigenvalue weighted by molar-refractivity contribution is -0.122. The zero-order valence-corrected chi connectivity index (χ0v) is 18.7. The molecule has 0 saturated carbocycles. The van der Waals surface area contributed by atoms with Gasteiger partial charge in [-0.3, -0.25) is 4.79 Å². The molecular weight excluding hydrogens is 427 g/mol. The molecule has 2 heterocycles. The lowest BCUT2D eigenvalue weighted by atomic mass is 9.84. The van der Waals surface area contributed by atoms with Gasteiger partial charge in [0.25, 0.3) is 0 Å². The fraction of sp³-hybridized carbons (Fsp3) is 0.240. The van der Waals surface area contributed by atoms with E-state index in [-0.39, 0.29) is 11.7 Å². The number of aromatic nitrogens is 3. The van der Waals surface area contributed by atoms with Crippen LogP contribution in [0.1, 0.15) is 35.4 Å². The van der Waals surface area contributed by atoms with Crippen molar-refractivity contribution in [2.24, 2.45) is 11.7 Å². The second-order valence-electron chi connectivity index (χ2n) is 8.15. The highest BCUT2D eigenvalue weighted by atomic mass is 35.5. The van der Waals surface area contributed by atoms with Crippen molar-refractivity contribution in [1.82, 2.24) is 14.5 Å². The highest BCUT2D eigenvalue weighted by Crippen LogP contribution is 2.29. The number of amides is 1. The van der Waals surface area contributed by atoms with Crippen molar-refractivity contribution in [2.45, 2.75) is 32.7 Å². The van der Waals surface area contributed by atoms with Crippen molar-refractivity contribution in [3.8, 4) is 0 Å². The Morgan fingerprint density at radius 2 is 1.84 bits per heavy atom. The van der Waals surface area contributed by atoms with Crippen LogP contribution in [0.3, 0.4) is 0 Å². The SMILES string of the molecule is Cc1cnc2c(c1)nc(CC(C(N)=O)[C@H](C)c1ccc(Cl)cc1)n2Cc1ccc(F)cc1. The highest BCUT2D eigenvalue weighted by Gasteiger charge is 2.27. The maximum absolute atomic E-state index is 13.4. The Kier molecular flexibility index (Phi) is 6.24. The molecule has 5 nitrogen and oxygen atoms in total. The van der Waals surface area contributed by atoms with Gasteiger partial charge in [0, 0.05) is 17.6 Å². The van der Waals surface area contributed by atoms with Crippen LogP contribution in [0.2, 0.25) is 5.02 Å². The number of hydrogen-bond acceptors (Lipinski definition) is 3. The lowest BCUT2D eigenvalue weighted by Gasteiger charge is -2.22. The number of halogens is 2. The summed E-state index contributed by atoms with van der Waals surface area (Å²) in [7, 11) is 0. The van der Waals surface area contributed by atoms with Crippen LogP contribution in [-0.2, 0) is 17.8 Å². The van der Waals surface area contributed by atoms with Crippen LogP contribution in [0.15, 0.2) is 60.8 Å². The molecule has 0 aliphatic carbocycles. The molecular formula is C25H24ClFN4O. The van der Waals surface area contributed by atoms with Crippen LogP contribution in [0, 0.1) is 18.7 Å². The van der Waals surface area contributed by atoms with Crippen LogP contribution in [0.4, 0.5) is 4.39 Å². The number of imidazole rings is 1. The van der Waals surface area contributed by atoms with Crippen molar-refractivity contribution in [1.29, 1.82) is 0 Å². The van der Waals surface area contributed by atoms with Crippen LogP contribution >= 0.6 is 11.6 Å². The molecule has 32 heavy (non-hydrogen) atoms. The number of primary amides is 1. The highest BCUT2D eigenvalue weighted by molar-refractivity contribution is 6.30. The number of pyridine rings is 1. The molecule has 4 rings (SSSR count). The minimum Gasteiger partial charge on any atom is -0.369 e. The van der Waals surface area contributed by atoms with E-state index >= 15 is 0 Å². The third-order valence-corrected chi connectivity index (χ3v) is 6.07. The summed E-state index contributed by atoms with van der Waals surface area (Å²) in [6.07, 6.45) is 2.15. The first-order chi connectivity index (χ1) is 15.3. The second-order valence-corrected chi connectivity index (χ2v) is 8.59. The van der Waals surface area contributed by atoms with E-state index < -0.39 is 11.8 Å². The van der Waals surface area contributed by atoms with E-state index in [1.54, 1.807) is 18.3 Å². The quantitative estimate of drug-likeness (QED) is 0.429. The number of aryl methyl sites for hydroxylation is 1. The first kappa shape index (κ1) is 22.0. The molecule has 0 aliphatic heterocycles. The normalized spacial score (nSPS) is 13.2. The Hall–Kier alpha value is -3.25. The molecule has 0 fully saturated rings. The minimum absolute atomic E-state index is 0.126. The molecule has 2 N–H and O–H groups in total. The topological polar surface area (TPSA) is 73.8 Å². The first-order valence-electron chi connectivity index (χ1n) is 10.4. The molecule has 0 radical (unpaired) electrons. The number of fused-ring (bicyclic) bond motifs is 1. The Morgan fingerprint density at radius 1 is 1.16 bits per heavy atom. The number of carbonyl (C=O) groups is 1. The van der Waals surface area contributed by atoms with Crippen molar-refractivity contribution in [3.63, 3.8) is 0 Å². The van der Waals surface area contributed by atoms with Crippen molar-refractivity contribution < 1.29 is 9.18 Å². The standard InChI is InChI=1S/C25H24ClFN4O/c1-15-11-22-25(29-13-15)31(14-17-3-9-20(27)10-4-17)23(30-22)12-21(24(28)32)16(2)18-5-7-19(26)8-6-18/h3-11,13,16,21H,12,14H2,1-2H3,(H2,28,32)/t16-,21?/m1/s1. The van der Waals surface area contributed by atoms with E-state index in [0.717, 1.165) is 27.9 Å². The van der Waals surface area contributed by atoms with Gasteiger partial charge in [0.2, 0.25) is 5.91 Å². The van der Waals surface area contributed by atoms with Gasteiger partial charge >= 0.3 is 0 Å². The van der Waals surface area contributed by atoms with Crippen LogP contribution in [0.5, 0.6) is 0 Å². The summed E-state index contributed by atoms with van der Waals surface area (Å²) in [5.41, 5.74) is 10.2. The smallest absolute Gasteiger partial charge is 0.221 e. The van der Waals surface area contributed by atoms with Gasteiger partial charge in [-0.25, -0.2) is 14.4 Å². The molecule has 2 atom stereocenters. The molecule has 0 bridgehead atoms. The van der Waals surface area contributed by atoms with Gasteiger partial charge in [0.1, 0.15) is 17.2 Å². The average Bonchev–Trinajstić information content (AvgIpc) is 3.09. The summed E-state index contributed by atoms with van der Waals surface area (Å²) in [6.45, 7) is 4.40. The Balaban J connectivity index is 1.73. The molecule has 7 heteroatoms. The van der Waals surface area contributed by atoms with Gasteiger partial charge in [-0.1, -0.05) is 42.8 Å². The van der Waals surface area contributed by atoms with Gasteiger partial charge in [-0.15, -0.1) is 0 Å². The molecule has 0 saturated heterocycles. The Labute approximate surface area is 191 Å². The molecule has 2 aromatic heterocycles. The number of rotatable bonds is 7. The van der Waals surface area contributed by atoms with Crippen LogP contribution < -0.4 is 5.73 Å². The molecule has 2 aromatic carbocycles. The monoisotopic (exact) mass is 450 g/mol. The maximum atomic E-state index is 13.4. The van der Waals surface area contributed by atoms with Gasteiger partial charge in [-0.2, -0.15) is 0 Å². The number of nitrogens with two attached hydrogens (primary N) is 1. The predicted molar refractivity (Wildman–Crippen MR) is 124 cm³/mol. The zero-order valence-electron chi connectivity index (χ0n) is 17.9. The Bertz CT molecular complexity index is 1250. The van der Waals surface area contributed by atoms with Crippen LogP contribution in [-0.4, -0.2) is 20.4 Å². The van der Waals surface area contributed by atoms with Gasteiger partial charge < -0.3 is 10.3 Å². The molecule has 0 aliphatic rings. The number of hydrogen-bond donors (Lipinski definition) is 1. The van der Waals surface area contributed by atoms with E-state index in [1.165, 1.54) is 12.1 Å². The molecule has 4 aromatic rings. The lowest BCUT2D eigenvalue weighted by Crippen LogP contribution is -2.30. The third-order valence-electron chi connectivity index (χ3n) is 5.82. The third kappa shape index (κ3) is 4.65. The first-order valence-corrected chi connectivity index (χ1v) is 10.8. The van der Waals surface area contributed by atoms with Crippen molar-refractivity contribution in [2.75, 3.05) is 0 Å². The molecule has 1 amide bonds. The predicted octanol–water partition coefficient (Wildman–Crippen LogP) is 5.03. The number of carbonyl (C=O) groups excluding carboxylic acids is 1. The maximum Gasteiger partial charge on any atom is 0.221 e. The number of benzene rings is 2. The van der Waals surface area contributed by atoms with Gasteiger partial charge in [0.15, 0.2) is 5.65 Å². The molecule has 1 unspecified atom stereocenters. The average molecular weight is 451 g/mol. The van der Waals surface area contributed by atoms with Crippen molar-refractivity contribution >= 4 is 28.7 Å². The Morgan fingerprint density at radius 3 is 2.50 bits per heavy atom. The fourth-order valence-electron chi connectivity index (χ4n) is 3.97. The largest absolute Gasteiger partial charge is 0.369 e. The summed E-state index contributed by atoms with van der Waals surface area (Å²) in [5.74, 6) is -0.563. The summed E-state index contributed by atoms with van der Waals surface area (Å²) in [6, 6.07) is 15.7. The number of nitrogens with zero attached hydrogens (tertiary/aromatic N) is 3. The zero-order chi connectivity index (χ0) is 22.8. The van der Waals surface area contributed by atoms with E-state index in [2.05, 4.69) is 4.98 Å². The minimum atomic E-state index is -0.471. The van der Waals surface area contributed by atoms with E-state index in [4.69, 9.17) is 22.3 Å². The summed E-state index contributed by atoms with van der Waals surface area (Å²) >= 11 is 6.02. The van der Waals surface area contributed by atoms with Gasteiger partial charge in [0.05, 0.1) is 12.5 Å². The second kappa shape index (κ2) is 9.09. The van der Waals surface area contributed by atoms with Crippen molar-refractivity contribution in [3.05, 3.63) is 94.1 Å². The molecule has 0 spiro atoms. The van der Waals surface area contributed by atoms with Gasteiger partial charge in [-0.05, 0) is 59.9 Å². The summed E-state index contributed by atoms with van der Waals surface area (Å²) < 4.78 is 15.4. The fourth-order valence-corrected chi connectivity index (χ4v) is 4.10. The summed E-state index contributed by atoms with van der Waals surface area (Å²) in [5, 5.41) is 0.638.